The number of aliphatic hydroxyl groups is 4. The summed E-state index contributed by atoms with van der Waals surface area (Å²) in [7, 11) is 0. The molecule has 0 unspecified atom stereocenters. The van der Waals surface area contributed by atoms with Crippen molar-refractivity contribution >= 4 is 5.84 Å². The second kappa shape index (κ2) is 3.99. The molecule has 0 aromatic rings. The van der Waals surface area contributed by atoms with E-state index in [1.165, 1.54) is 0 Å². The van der Waals surface area contributed by atoms with E-state index < -0.39 is 31.0 Å². The Morgan fingerprint density at radius 1 is 1.31 bits per heavy atom. The maximum Gasteiger partial charge on any atom is 0.143 e. The van der Waals surface area contributed by atoms with Gasteiger partial charge in [0.15, 0.2) is 0 Å². The molecule has 0 radical (unpaired) electrons. The third-order valence-electron chi connectivity index (χ3n) is 1.99. The van der Waals surface area contributed by atoms with Crippen LogP contribution in [0.3, 0.4) is 0 Å². The van der Waals surface area contributed by atoms with Crippen molar-refractivity contribution in [3.8, 4) is 0 Å². The molecule has 0 bridgehead atoms. The molecule has 1 heterocycles. The van der Waals surface area contributed by atoms with Crippen LogP contribution in [0.4, 0.5) is 0 Å². The largest absolute Gasteiger partial charge is 0.394 e. The van der Waals surface area contributed by atoms with Crippen molar-refractivity contribution in [3.05, 3.63) is 0 Å². The Morgan fingerprint density at radius 2 is 1.92 bits per heavy atom. The average Bonchev–Trinajstić information content (AvgIpc) is 2.15. The lowest BCUT2D eigenvalue weighted by Gasteiger charge is -2.32. The van der Waals surface area contributed by atoms with Crippen LogP contribution in [0.2, 0.25) is 0 Å². The average molecular weight is 191 g/mol. The van der Waals surface area contributed by atoms with Gasteiger partial charge in [-0.3, -0.25) is 4.99 Å². The standard InChI is InChI=1S/C6H13N3O4/c7-9-6-5(13)4(12)3(11)2(1-10)8-6/h2-5,10-13H,1,7H2,(H,8,9)/t2-,3-,4+,5+/m1/s1. The number of hydrogen-bond donors (Lipinski definition) is 6. The fourth-order valence-corrected chi connectivity index (χ4v) is 1.18. The Balaban J connectivity index is 2.86. The summed E-state index contributed by atoms with van der Waals surface area (Å²) in [5.41, 5.74) is 2.09. The molecule has 4 atom stereocenters. The van der Waals surface area contributed by atoms with E-state index in [2.05, 4.69) is 10.4 Å². The molecule has 0 fully saturated rings. The summed E-state index contributed by atoms with van der Waals surface area (Å²) in [6.07, 6.45) is -4.01. The Bertz CT molecular complexity index is 210. The number of rotatable bonds is 1. The molecule has 1 aliphatic heterocycles. The van der Waals surface area contributed by atoms with Crippen LogP contribution in [-0.2, 0) is 0 Å². The van der Waals surface area contributed by atoms with E-state index in [1.54, 1.807) is 0 Å². The van der Waals surface area contributed by atoms with Crippen LogP contribution in [-0.4, -0.2) is 57.2 Å². The first-order valence-electron chi connectivity index (χ1n) is 3.81. The predicted molar refractivity (Wildman–Crippen MR) is 43.7 cm³/mol. The quantitative estimate of drug-likeness (QED) is 0.187. The van der Waals surface area contributed by atoms with Crippen molar-refractivity contribution in [3.63, 3.8) is 0 Å². The lowest BCUT2D eigenvalue weighted by Crippen LogP contribution is -2.57. The number of amidine groups is 1. The zero-order valence-electron chi connectivity index (χ0n) is 6.83. The van der Waals surface area contributed by atoms with Crippen LogP contribution in [0, 0.1) is 0 Å². The van der Waals surface area contributed by atoms with Crippen LogP contribution in [0.15, 0.2) is 4.99 Å². The molecule has 0 saturated heterocycles. The van der Waals surface area contributed by atoms with Gasteiger partial charge in [-0.1, -0.05) is 0 Å². The monoisotopic (exact) mass is 191 g/mol. The van der Waals surface area contributed by atoms with E-state index in [0.717, 1.165) is 0 Å². The van der Waals surface area contributed by atoms with Crippen molar-refractivity contribution in [1.82, 2.24) is 5.43 Å². The Labute approximate surface area is 74.5 Å². The van der Waals surface area contributed by atoms with Crippen molar-refractivity contribution in [2.45, 2.75) is 24.4 Å². The highest BCUT2D eigenvalue weighted by molar-refractivity contribution is 5.87. The SMILES string of the molecule is NNC1=N[C@H](CO)[C@@H](O)[C@H](O)[C@@H]1O. The Morgan fingerprint density at radius 3 is 2.38 bits per heavy atom. The fraction of sp³-hybridized carbons (Fsp3) is 0.833. The summed E-state index contributed by atoms with van der Waals surface area (Å²) in [6.45, 7) is -0.421. The summed E-state index contributed by atoms with van der Waals surface area (Å²) in [6, 6.07) is -0.857. The molecule has 0 saturated carbocycles. The summed E-state index contributed by atoms with van der Waals surface area (Å²) in [4.78, 5) is 3.70. The molecular weight excluding hydrogens is 178 g/mol. The Hall–Kier alpha value is -0.730. The molecule has 0 aliphatic carbocycles. The summed E-state index contributed by atoms with van der Waals surface area (Å²) >= 11 is 0. The van der Waals surface area contributed by atoms with E-state index in [4.69, 9.17) is 10.9 Å². The molecule has 0 aromatic heterocycles. The van der Waals surface area contributed by atoms with Gasteiger partial charge in [-0.05, 0) is 0 Å². The van der Waals surface area contributed by atoms with Gasteiger partial charge in [0.05, 0.1) is 6.61 Å². The zero-order chi connectivity index (χ0) is 10.0. The van der Waals surface area contributed by atoms with Crippen LogP contribution in [0.1, 0.15) is 0 Å². The van der Waals surface area contributed by atoms with E-state index in [9.17, 15) is 15.3 Å². The summed E-state index contributed by atoms with van der Waals surface area (Å²) < 4.78 is 0. The van der Waals surface area contributed by atoms with Crippen LogP contribution in [0.5, 0.6) is 0 Å². The lowest BCUT2D eigenvalue weighted by atomic mass is 9.97. The molecule has 0 amide bonds. The maximum atomic E-state index is 9.28. The second-order valence-corrected chi connectivity index (χ2v) is 2.83. The first-order chi connectivity index (χ1) is 6.11. The minimum Gasteiger partial charge on any atom is -0.394 e. The van der Waals surface area contributed by atoms with Gasteiger partial charge in [-0.15, -0.1) is 0 Å². The number of nitrogens with zero attached hydrogens (tertiary/aromatic N) is 1. The smallest absolute Gasteiger partial charge is 0.143 e. The van der Waals surface area contributed by atoms with Gasteiger partial charge >= 0.3 is 0 Å². The van der Waals surface area contributed by atoms with E-state index in [-0.39, 0.29) is 5.84 Å². The number of nitrogens with two attached hydrogens (primary N) is 1. The first kappa shape index (κ1) is 10.4. The summed E-state index contributed by atoms with van der Waals surface area (Å²) in [5.74, 6) is 4.96. The van der Waals surface area contributed by atoms with Gasteiger partial charge in [0.25, 0.3) is 0 Å². The molecule has 0 aromatic carbocycles. The highest BCUT2D eigenvalue weighted by atomic mass is 16.4. The van der Waals surface area contributed by atoms with Crippen LogP contribution in [0.25, 0.3) is 0 Å². The number of aliphatic hydroxyl groups excluding tert-OH is 4. The topological polar surface area (TPSA) is 131 Å². The van der Waals surface area contributed by atoms with Gasteiger partial charge in [0.2, 0.25) is 0 Å². The summed E-state index contributed by atoms with van der Waals surface area (Å²) in [5, 5.41) is 36.5. The van der Waals surface area contributed by atoms with Gasteiger partial charge in [-0.25, -0.2) is 5.84 Å². The highest BCUT2D eigenvalue weighted by Crippen LogP contribution is 2.14. The number of nitrogens with one attached hydrogen (secondary N) is 1. The molecule has 1 rings (SSSR count). The van der Waals surface area contributed by atoms with Crippen LogP contribution >= 0.6 is 0 Å². The lowest BCUT2D eigenvalue weighted by molar-refractivity contribution is -0.0597. The number of aliphatic imine (C=N–C) groups is 1. The van der Waals surface area contributed by atoms with Gasteiger partial charge < -0.3 is 25.9 Å². The van der Waals surface area contributed by atoms with E-state index in [0.29, 0.717) is 0 Å². The predicted octanol–water partition coefficient (Wildman–Crippen LogP) is -3.69. The Kier molecular flexibility index (Phi) is 3.17. The highest BCUT2D eigenvalue weighted by Gasteiger charge is 2.38. The molecule has 1 aliphatic rings. The third kappa shape index (κ3) is 1.79. The molecule has 0 spiro atoms. The fourth-order valence-electron chi connectivity index (χ4n) is 1.18. The molecule has 7 heteroatoms. The molecule has 76 valence electrons. The van der Waals surface area contributed by atoms with Gasteiger partial charge in [-0.2, -0.15) is 0 Å². The number of hydrogen-bond acceptors (Lipinski definition) is 7. The molecule has 7 nitrogen and oxygen atoms in total. The van der Waals surface area contributed by atoms with Crippen molar-refractivity contribution < 1.29 is 20.4 Å². The van der Waals surface area contributed by atoms with E-state index in [1.807, 2.05) is 0 Å². The molecular formula is C6H13N3O4. The van der Waals surface area contributed by atoms with E-state index >= 15 is 0 Å². The third-order valence-corrected chi connectivity index (χ3v) is 1.99. The molecule has 13 heavy (non-hydrogen) atoms. The maximum absolute atomic E-state index is 9.28. The van der Waals surface area contributed by atoms with Crippen molar-refractivity contribution in [1.29, 1.82) is 0 Å². The minimum absolute atomic E-state index is 0.0446. The van der Waals surface area contributed by atoms with Crippen molar-refractivity contribution in [2.24, 2.45) is 10.8 Å². The zero-order valence-corrected chi connectivity index (χ0v) is 6.83. The second-order valence-electron chi connectivity index (χ2n) is 2.83. The normalized spacial score (nSPS) is 39.9. The first-order valence-corrected chi connectivity index (χ1v) is 3.81. The van der Waals surface area contributed by atoms with Crippen LogP contribution < -0.4 is 11.3 Å². The minimum atomic E-state index is -1.39. The molecule has 7 N–H and O–H groups in total. The van der Waals surface area contributed by atoms with Gasteiger partial charge in [0.1, 0.15) is 30.2 Å². The van der Waals surface area contributed by atoms with Crippen molar-refractivity contribution in [2.75, 3.05) is 6.61 Å². The van der Waals surface area contributed by atoms with Gasteiger partial charge in [0, 0.05) is 0 Å². The number of hydrazine groups is 1.